The predicted molar refractivity (Wildman–Crippen MR) is 95.0 cm³/mol. The Balaban J connectivity index is 1.56. The molecule has 0 aromatic heterocycles. The summed E-state index contributed by atoms with van der Waals surface area (Å²) in [5, 5.41) is 11.8. The first-order valence-electron chi connectivity index (χ1n) is 8.60. The fourth-order valence-corrected chi connectivity index (χ4v) is 2.76. The Kier molecular flexibility index (Phi) is 5.51. The van der Waals surface area contributed by atoms with Gasteiger partial charge in [0.25, 0.3) is 0 Å². The molecule has 0 aliphatic heterocycles. The molecule has 1 amide bonds. The molecule has 0 bridgehead atoms. The zero-order valence-corrected chi connectivity index (χ0v) is 14.2. The molecule has 0 unspecified atom stereocenters. The number of anilines is 1. The predicted octanol–water partition coefficient (Wildman–Crippen LogP) is 4.03. The minimum Gasteiger partial charge on any atom is -0.487 e. The highest BCUT2D eigenvalue weighted by atomic mass is 19.1. The van der Waals surface area contributed by atoms with Crippen molar-refractivity contribution in [2.45, 2.75) is 38.2 Å². The summed E-state index contributed by atoms with van der Waals surface area (Å²) in [6.45, 7) is 0. The van der Waals surface area contributed by atoms with Crippen molar-refractivity contribution in [3.63, 3.8) is 0 Å². The third-order valence-corrected chi connectivity index (χ3v) is 4.43. The van der Waals surface area contributed by atoms with Crippen LogP contribution in [0.4, 0.5) is 10.1 Å². The van der Waals surface area contributed by atoms with Gasteiger partial charge in [-0.25, -0.2) is 9.18 Å². The van der Waals surface area contributed by atoms with Crippen molar-refractivity contribution in [2.75, 3.05) is 5.32 Å². The van der Waals surface area contributed by atoms with Gasteiger partial charge in [0.1, 0.15) is 0 Å². The number of rotatable bonds is 7. The zero-order chi connectivity index (χ0) is 18.5. The topological polar surface area (TPSA) is 75.6 Å². The van der Waals surface area contributed by atoms with Crippen LogP contribution in [0.3, 0.4) is 0 Å². The molecule has 2 aromatic rings. The van der Waals surface area contributed by atoms with E-state index in [1.54, 1.807) is 24.3 Å². The molecule has 3 rings (SSSR count). The lowest BCUT2D eigenvalue weighted by molar-refractivity contribution is -0.116. The molecule has 5 nitrogen and oxygen atoms in total. The molecule has 0 spiro atoms. The number of hydrogen-bond donors (Lipinski definition) is 2. The van der Waals surface area contributed by atoms with E-state index in [1.165, 1.54) is 18.2 Å². The highest BCUT2D eigenvalue weighted by Crippen LogP contribution is 2.28. The van der Waals surface area contributed by atoms with Crippen molar-refractivity contribution in [3.05, 3.63) is 59.4 Å². The van der Waals surface area contributed by atoms with Gasteiger partial charge in [0, 0.05) is 18.2 Å². The number of aryl methyl sites for hydroxylation is 1. The van der Waals surface area contributed by atoms with Gasteiger partial charge in [0.05, 0.1) is 11.7 Å². The SMILES string of the molecule is O=C(CCc1ccccc1C(=O)O)Nc1ccc(OC2CCC2)c(F)c1. The molecule has 1 saturated carbocycles. The first-order valence-corrected chi connectivity index (χ1v) is 8.60. The van der Waals surface area contributed by atoms with Crippen molar-refractivity contribution in [3.8, 4) is 5.75 Å². The standard InChI is InChI=1S/C20H20FNO4/c21-17-12-14(9-10-18(17)26-15-5-3-6-15)22-19(23)11-8-13-4-1-2-7-16(13)20(24)25/h1-2,4,7,9-10,12,15H,3,5-6,8,11H2,(H,22,23)(H,24,25). The Morgan fingerprint density at radius 1 is 1.19 bits per heavy atom. The van der Waals surface area contributed by atoms with Gasteiger partial charge in [-0.05, 0) is 49.4 Å². The van der Waals surface area contributed by atoms with Gasteiger partial charge in [0.15, 0.2) is 11.6 Å². The van der Waals surface area contributed by atoms with Crippen LogP contribution in [-0.4, -0.2) is 23.1 Å². The number of aromatic carboxylic acids is 1. The maximum absolute atomic E-state index is 14.1. The van der Waals surface area contributed by atoms with E-state index in [1.807, 2.05) is 0 Å². The quantitative estimate of drug-likeness (QED) is 0.785. The summed E-state index contributed by atoms with van der Waals surface area (Å²) < 4.78 is 19.6. The molecule has 136 valence electrons. The summed E-state index contributed by atoms with van der Waals surface area (Å²) >= 11 is 0. The number of ether oxygens (including phenoxy) is 1. The fraction of sp³-hybridized carbons (Fsp3) is 0.300. The van der Waals surface area contributed by atoms with Gasteiger partial charge >= 0.3 is 5.97 Å². The lowest BCUT2D eigenvalue weighted by Gasteiger charge is -2.26. The van der Waals surface area contributed by atoms with Crippen LogP contribution in [0.2, 0.25) is 0 Å². The Labute approximate surface area is 150 Å². The Bertz CT molecular complexity index is 817. The zero-order valence-electron chi connectivity index (χ0n) is 14.2. The van der Waals surface area contributed by atoms with Gasteiger partial charge in [-0.1, -0.05) is 18.2 Å². The molecule has 6 heteroatoms. The maximum atomic E-state index is 14.1. The van der Waals surface area contributed by atoms with E-state index in [-0.39, 0.29) is 29.7 Å². The smallest absolute Gasteiger partial charge is 0.335 e. The van der Waals surface area contributed by atoms with Crippen LogP contribution in [0.5, 0.6) is 5.75 Å². The van der Waals surface area contributed by atoms with E-state index in [2.05, 4.69) is 5.32 Å². The Hall–Kier alpha value is -2.89. The summed E-state index contributed by atoms with van der Waals surface area (Å²) in [4.78, 5) is 23.3. The summed E-state index contributed by atoms with van der Waals surface area (Å²) in [7, 11) is 0. The molecule has 2 N–H and O–H groups in total. The van der Waals surface area contributed by atoms with Crippen molar-refractivity contribution in [1.82, 2.24) is 0 Å². The molecular formula is C20H20FNO4. The highest BCUT2D eigenvalue weighted by Gasteiger charge is 2.20. The molecule has 0 atom stereocenters. The summed E-state index contributed by atoms with van der Waals surface area (Å²) in [6, 6.07) is 10.9. The first-order chi connectivity index (χ1) is 12.5. The van der Waals surface area contributed by atoms with Gasteiger partial charge in [0.2, 0.25) is 5.91 Å². The van der Waals surface area contributed by atoms with E-state index >= 15 is 0 Å². The van der Waals surface area contributed by atoms with Crippen molar-refractivity contribution in [1.29, 1.82) is 0 Å². The average molecular weight is 357 g/mol. The van der Waals surface area contributed by atoms with Crippen molar-refractivity contribution < 1.29 is 23.8 Å². The van der Waals surface area contributed by atoms with Gasteiger partial charge in [-0.2, -0.15) is 0 Å². The normalized spacial score (nSPS) is 13.7. The number of hydrogen-bond acceptors (Lipinski definition) is 3. The van der Waals surface area contributed by atoms with E-state index in [9.17, 15) is 14.0 Å². The van der Waals surface area contributed by atoms with Crippen LogP contribution in [0, 0.1) is 5.82 Å². The largest absolute Gasteiger partial charge is 0.487 e. The van der Waals surface area contributed by atoms with Crippen LogP contribution >= 0.6 is 0 Å². The van der Waals surface area contributed by atoms with Crippen LogP contribution < -0.4 is 10.1 Å². The Morgan fingerprint density at radius 2 is 1.96 bits per heavy atom. The second-order valence-corrected chi connectivity index (χ2v) is 6.33. The number of carboxylic acids is 1. The first kappa shape index (κ1) is 17.9. The third kappa shape index (κ3) is 4.39. The number of benzene rings is 2. The van der Waals surface area contributed by atoms with E-state index in [0.29, 0.717) is 17.7 Å². The van der Waals surface area contributed by atoms with Crippen LogP contribution in [0.15, 0.2) is 42.5 Å². The van der Waals surface area contributed by atoms with E-state index in [0.717, 1.165) is 19.3 Å². The number of nitrogens with one attached hydrogen (secondary N) is 1. The van der Waals surface area contributed by atoms with Crippen molar-refractivity contribution in [2.24, 2.45) is 0 Å². The van der Waals surface area contributed by atoms with Crippen LogP contribution in [-0.2, 0) is 11.2 Å². The summed E-state index contributed by atoms with van der Waals surface area (Å²) in [5.41, 5.74) is 1.12. The summed E-state index contributed by atoms with van der Waals surface area (Å²) in [5.74, 6) is -1.64. The number of amides is 1. The minimum absolute atomic E-state index is 0.0826. The van der Waals surface area contributed by atoms with Gasteiger partial charge in [-0.3, -0.25) is 4.79 Å². The second-order valence-electron chi connectivity index (χ2n) is 6.33. The minimum atomic E-state index is -1.02. The number of carboxylic acid groups (broad SMARTS) is 1. The molecule has 0 saturated heterocycles. The third-order valence-electron chi connectivity index (χ3n) is 4.43. The van der Waals surface area contributed by atoms with Crippen LogP contribution in [0.1, 0.15) is 41.6 Å². The molecule has 1 fully saturated rings. The number of halogens is 1. The maximum Gasteiger partial charge on any atom is 0.335 e. The molecule has 26 heavy (non-hydrogen) atoms. The van der Waals surface area contributed by atoms with Gasteiger partial charge < -0.3 is 15.2 Å². The highest BCUT2D eigenvalue weighted by molar-refractivity contribution is 5.92. The average Bonchev–Trinajstić information content (AvgIpc) is 2.58. The molecule has 0 radical (unpaired) electrons. The van der Waals surface area contributed by atoms with Crippen LogP contribution in [0.25, 0.3) is 0 Å². The van der Waals surface area contributed by atoms with E-state index in [4.69, 9.17) is 9.84 Å². The second kappa shape index (κ2) is 7.99. The molecular weight excluding hydrogens is 337 g/mol. The lowest BCUT2D eigenvalue weighted by Crippen LogP contribution is -2.25. The summed E-state index contributed by atoms with van der Waals surface area (Å²) in [6.07, 6.45) is 3.46. The molecule has 0 heterocycles. The lowest BCUT2D eigenvalue weighted by atomic mass is 9.96. The molecule has 1 aliphatic rings. The van der Waals surface area contributed by atoms with Gasteiger partial charge in [-0.15, -0.1) is 0 Å². The molecule has 2 aromatic carbocycles. The number of carbonyl (C=O) groups is 2. The Morgan fingerprint density at radius 3 is 2.62 bits per heavy atom. The fourth-order valence-electron chi connectivity index (χ4n) is 2.76. The van der Waals surface area contributed by atoms with E-state index < -0.39 is 11.8 Å². The number of carbonyl (C=O) groups excluding carboxylic acids is 1. The monoisotopic (exact) mass is 357 g/mol. The van der Waals surface area contributed by atoms with Crippen molar-refractivity contribution >= 4 is 17.6 Å². The molecule has 1 aliphatic carbocycles.